The highest BCUT2D eigenvalue weighted by Gasteiger charge is 2.40. The van der Waals surface area contributed by atoms with Gasteiger partial charge in [-0.2, -0.15) is 0 Å². The van der Waals surface area contributed by atoms with Crippen LogP contribution in [0.4, 0.5) is 0 Å². The topological polar surface area (TPSA) is 57.5 Å². The molecule has 0 spiro atoms. The molecule has 7 heteroatoms. The van der Waals surface area contributed by atoms with Gasteiger partial charge in [0.2, 0.25) is 0 Å². The molecule has 0 saturated heterocycles. The first-order chi connectivity index (χ1) is 14.9. The van der Waals surface area contributed by atoms with Gasteiger partial charge in [0.25, 0.3) is 20.2 Å². The van der Waals surface area contributed by atoms with Crippen molar-refractivity contribution in [1.29, 1.82) is 0 Å². The predicted molar refractivity (Wildman–Crippen MR) is 131 cm³/mol. The molecule has 0 unspecified atom stereocenters. The third-order valence-electron chi connectivity index (χ3n) is 6.33. The van der Waals surface area contributed by atoms with Crippen LogP contribution in [0.1, 0.15) is 42.4 Å². The maximum atomic E-state index is 13.4. The fourth-order valence-corrected chi connectivity index (χ4v) is 4.49. The normalized spacial score (nSPS) is 12.1. The smallest absolute Gasteiger partial charge is 0.297 e. The zero-order valence-corrected chi connectivity index (χ0v) is 21.5. The van der Waals surface area contributed by atoms with Crippen molar-refractivity contribution in [3.8, 4) is 5.75 Å². The van der Waals surface area contributed by atoms with Crippen LogP contribution in [0.15, 0.2) is 42.5 Å². The van der Waals surface area contributed by atoms with E-state index in [0.717, 1.165) is 16.5 Å². The Labute approximate surface area is 195 Å². The third-order valence-corrected chi connectivity index (χ3v) is 10.9. The van der Waals surface area contributed by atoms with Gasteiger partial charge in [-0.25, -0.2) is 0 Å². The Hall–Kier alpha value is -2.57. The lowest BCUT2D eigenvalue weighted by atomic mass is 10.1. The zero-order valence-electron chi connectivity index (χ0n) is 19.7. The van der Waals surface area contributed by atoms with Crippen molar-refractivity contribution in [3.63, 3.8) is 0 Å². The lowest BCUT2D eigenvalue weighted by Gasteiger charge is -2.35. The monoisotopic (exact) mass is 471 g/mol. The summed E-state index contributed by atoms with van der Waals surface area (Å²) in [6.45, 7) is 12.2. The van der Waals surface area contributed by atoms with Gasteiger partial charge in [-0.05, 0) is 73.1 Å². The van der Waals surface area contributed by atoms with E-state index in [1.54, 1.807) is 35.9 Å². The Morgan fingerprint density at radius 1 is 1.06 bits per heavy atom. The molecular formula is C25H30ClNO4Si. The van der Waals surface area contributed by atoms with Crippen LogP contribution < -0.4 is 4.74 Å². The van der Waals surface area contributed by atoms with E-state index in [-0.39, 0.29) is 23.3 Å². The van der Waals surface area contributed by atoms with E-state index < -0.39 is 8.32 Å². The molecular weight excluding hydrogens is 442 g/mol. The number of fused-ring (bicyclic) bond motifs is 1. The first kappa shape index (κ1) is 24.1. The molecule has 5 nitrogen and oxygen atoms in total. The van der Waals surface area contributed by atoms with E-state index in [9.17, 15) is 9.59 Å². The standard InChI is InChI=1S/C25H30ClNO4Si/c1-16-20(15-23(28)31-32(6,7)25(2,3)4)21-14-19(30-5)12-13-22(21)27(16)24(29)17-8-10-18(26)11-9-17/h8-14H,15H2,1-7H3. The maximum Gasteiger partial charge on any atom is 0.297 e. The quantitative estimate of drug-likeness (QED) is 0.404. The Bertz CT molecular complexity index is 1170. The number of benzene rings is 2. The molecule has 0 bridgehead atoms. The molecule has 3 rings (SSSR count). The molecule has 3 aromatic rings. The summed E-state index contributed by atoms with van der Waals surface area (Å²) in [6, 6.07) is 12.3. The highest BCUT2D eigenvalue weighted by atomic mass is 35.5. The van der Waals surface area contributed by atoms with Crippen LogP contribution in [0.25, 0.3) is 10.9 Å². The van der Waals surface area contributed by atoms with Crippen LogP contribution in [-0.2, 0) is 15.6 Å². The van der Waals surface area contributed by atoms with Crippen LogP contribution in [-0.4, -0.2) is 31.9 Å². The Kier molecular flexibility index (Phi) is 6.59. The average molecular weight is 472 g/mol. The first-order valence-electron chi connectivity index (χ1n) is 10.6. The van der Waals surface area contributed by atoms with Gasteiger partial charge in [0.15, 0.2) is 0 Å². The third kappa shape index (κ3) is 4.61. The number of ether oxygens (including phenoxy) is 1. The second-order valence-corrected chi connectivity index (χ2v) is 14.7. The fourth-order valence-electron chi connectivity index (χ4n) is 3.41. The zero-order chi connectivity index (χ0) is 23.8. The van der Waals surface area contributed by atoms with E-state index in [0.29, 0.717) is 22.0 Å². The van der Waals surface area contributed by atoms with E-state index in [1.165, 1.54) is 0 Å². The van der Waals surface area contributed by atoms with Gasteiger partial charge in [-0.3, -0.25) is 14.2 Å². The molecule has 2 aromatic carbocycles. The van der Waals surface area contributed by atoms with Gasteiger partial charge >= 0.3 is 0 Å². The molecule has 1 aromatic heterocycles. The average Bonchev–Trinajstić information content (AvgIpc) is 2.97. The number of aromatic nitrogens is 1. The van der Waals surface area contributed by atoms with Crippen LogP contribution >= 0.6 is 11.6 Å². The number of carbonyl (C=O) groups is 2. The summed E-state index contributed by atoms with van der Waals surface area (Å²) in [5, 5.41) is 1.28. The number of halogens is 1. The van der Waals surface area contributed by atoms with E-state index in [2.05, 4.69) is 20.8 Å². The van der Waals surface area contributed by atoms with Gasteiger partial charge in [0.1, 0.15) is 5.75 Å². The lowest BCUT2D eigenvalue weighted by molar-refractivity contribution is -0.134. The number of hydrogen-bond acceptors (Lipinski definition) is 4. The van der Waals surface area contributed by atoms with Crippen LogP contribution in [0.2, 0.25) is 23.2 Å². The molecule has 0 aliphatic rings. The summed E-state index contributed by atoms with van der Waals surface area (Å²) in [7, 11) is -0.666. The minimum atomic E-state index is -2.26. The Balaban J connectivity index is 2.08. The van der Waals surface area contributed by atoms with Gasteiger partial charge in [0.05, 0.1) is 19.0 Å². The van der Waals surface area contributed by atoms with Crippen LogP contribution in [0.5, 0.6) is 5.75 Å². The Morgan fingerprint density at radius 2 is 1.69 bits per heavy atom. The maximum absolute atomic E-state index is 13.4. The predicted octanol–water partition coefficient (Wildman–Crippen LogP) is 6.39. The van der Waals surface area contributed by atoms with Crippen molar-refractivity contribution in [2.45, 2.75) is 52.2 Å². The van der Waals surface area contributed by atoms with Gasteiger partial charge in [0, 0.05) is 21.7 Å². The molecule has 0 radical (unpaired) electrons. The van der Waals surface area contributed by atoms with E-state index >= 15 is 0 Å². The minimum absolute atomic E-state index is 0.0839. The fraction of sp³-hybridized carbons (Fsp3) is 0.360. The summed E-state index contributed by atoms with van der Waals surface area (Å²) in [5.41, 5.74) is 2.71. The van der Waals surface area contributed by atoms with E-state index in [1.807, 2.05) is 38.2 Å². The number of nitrogens with zero attached hydrogens (tertiary/aromatic N) is 1. The SMILES string of the molecule is COc1ccc2c(c1)c(CC(=O)O[Si](C)(C)C(C)(C)C)c(C)n2C(=O)c1ccc(Cl)cc1. The second-order valence-electron chi connectivity index (χ2n) is 9.51. The van der Waals surface area contributed by atoms with Crippen molar-refractivity contribution in [2.75, 3.05) is 7.11 Å². The summed E-state index contributed by atoms with van der Waals surface area (Å²) < 4.78 is 13.0. The molecule has 32 heavy (non-hydrogen) atoms. The van der Waals surface area contributed by atoms with E-state index in [4.69, 9.17) is 20.8 Å². The van der Waals surface area contributed by atoms with Crippen LogP contribution in [0.3, 0.4) is 0 Å². The van der Waals surface area contributed by atoms with Crippen molar-refractivity contribution < 1.29 is 18.8 Å². The molecule has 0 N–H and O–H groups in total. The first-order valence-corrected chi connectivity index (χ1v) is 13.8. The highest BCUT2D eigenvalue weighted by Crippen LogP contribution is 2.37. The minimum Gasteiger partial charge on any atom is -0.519 e. The largest absolute Gasteiger partial charge is 0.519 e. The summed E-state index contributed by atoms with van der Waals surface area (Å²) in [4.78, 5) is 26.4. The van der Waals surface area contributed by atoms with Crippen molar-refractivity contribution in [3.05, 3.63) is 64.3 Å². The molecule has 0 saturated carbocycles. The molecule has 0 amide bonds. The van der Waals surface area contributed by atoms with Gasteiger partial charge in [-0.1, -0.05) is 32.4 Å². The van der Waals surface area contributed by atoms with Gasteiger partial charge in [-0.15, -0.1) is 0 Å². The number of rotatable bonds is 5. The van der Waals surface area contributed by atoms with Crippen molar-refractivity contribution in [2.24, 2.45) is 0 Å². The number of methoxy groups -OCH3 is 1. The number of hydrogen-bond donors (Lipinski definition) is 0. The molecule has 0 atom stereocenters. The molecule has 170 valence electrons. The second kappa shape index (κ2) is 8.75. The molecule has 1 heterocycles. The lowest BCUT2D eigenvalue weighted by Crippen LogP contribution is -2.43. The number of carbonyl (C=O) groups excluding carboxylic acids is 2. The van der Waals surface area contributed by atoms with Crippen LogP contribution in [0, 0.1) is 6.92 Å². The highest BCUT2D eigenvalue weighted by molar-refractivity contribution is 6.75. The summed E-state index contributed by atoms with van der Waals surface area (Å²) in [6.07, 6.45) is 0.0862. The summed E-state index contributed by atoms with van der Waals surface area (Å²) >= 11 is 5.99. The Morgan fingerprint density at radius 3 is 2.25 bits per heavy atom. The van der Waals surface area contributed by atoms with Crippen molar-refractivity contribution in [1.82, 2.24) is 4.57 Å². The molecule has 0 aliphatic heterocycles. The molecule has 0 fully saturated rings. The van der Waals surface area contributed by atoms with Gasteiger partial charge < -0.3 is 9.16 Å². The van der Waals surface area contributed by atoms with Crippen molar-refractivity contribution >= 4 is 42.7 Å². The summed E-state index contributed by atoms with van der Waals surface area (Å²) in [5.74, 6) is 0.200. The molecule has 0 aliphatic carbocycles.